The molecule has 1 aromatic heterocycles. The molecular formula is C24H28N6O3S. The Morgan fingerprint density at radius 3 is 2.29 bits per heavy atom. The lowest BCUT2D eigenvalue weighted by atomic mass is 10.2. The minimum atomic E-state index is -3.39. The third kappa shape index (κ3) is 5.12. The molecule has 0 aliphatic carbocycles. The lowest BCUT2D eigenvalue weighted by Gasteiger charge is -2.37. The zero-order chi connectivity index (χ0) is 24.3. The Kier molecular flexibility index (Phi) is 6.69. The van der Waals surface area contributed by atoms with Crippen LogP contribution in [0, 0.1) is 0 Å². The summed E-state index contributed by atoms with van der Waals surface area (Å²) in [4.78, 5) is 26.1. The van der Waals surface area contributed by atoms with Crippen molar-refractivity contribution >= 4 is 38.8 Å². The number of nitrogens with one attached hydrogen (secondary N) is 1. The number of piperazine rings is 1. The smallest absolute Gasteiger partial charge is 0.271 e. The molecule has 1 aliphatic heterocycles. The fraction of sp³-hybridized carbons (Fsp3) is 0.292. The second-order valence-corrected chi connectivity index (χ2v) is 10.2. The Labute approximate surface area is 199 Å². The Hall–Kier alpha value is -3.66. The Morgan fingerprint density at radius 1 is 1.00 bits per heavy atom. The van der Waals surface area contributed by atoms with E-state index in [9.17, 15) is 13.2 Å². The zero-order valence-electron chi connectivity index (χ0n) is 19.2. The van der Waals surface area contributed by atoms with Gasteiger partial charge in [-0.15, -0.1) is 0 Å². The molecule has 2 heterocycles. The first-order chi connectivity index (χ1) is 16.3. The largest absolute Gasteiger partial charge is 0.368 e. The van der Waals surface area contributed by atoms with Crippen LogP contribution in [0.2, 0.25) is 0 Å². The average Bonchev–Trinajstić information content (AvgIpc) is 2.84. The van der Waals surface area contributed by atoms with Crippen LogP contribution in [0.1, 0.15) is 23.1 Å². The van der Waals surface area contributed by atoms with E-state index < -0.39 is 15.7 Å². The lowest BCUT2D eigenvalue weighted by Crippen LogP contribution is -2.47. The Bertz CT molecular complexity index is 1290. The van der Waals surface area contributed by atoms with Crippen LogP contribution in [-0.2, 0) is 16.3 Å². The highest BCUT2D eigenvalue weighted by Gasteiger charge is 2.24. The van der Waals surface area contributed by atoms with Crippen molar-refractivity contribution in [3.63, 3.8) is 0 Å². The van der Waals surface area contributed by atoms with Gasteiger partial charge in [0, 0.05) is 43.8 Å². The summed E-state index contributed by atoms with van der Waals surface area (Å²) in [5.74, 6) is 0.197. The van der Waals surface area contributed by atoms with Gasteiger partial charge in [-0.05, 0) is 36.8 Å². The van der Waals surface area contributed by atoms with Gasteiger partial charge in [0.25, 0.3) is 5.91 Å². The molecule has 34 heavy (non-hydrogen) atoms. The molecule has 0 saturated carbocycles. The number of nitrogens with zero attached hydrogens (tertiary/aromatic N) is 4. The first-order valence-corrected chi connectivity index (χ1v) is 13.0. The maximum absolute atomic E-state index is 12.2. The molecule has 3 aromatic rings. The third-order valence-electron chi connectivity index (χ3n) is 5.74. The number of sulfone groups is 1. The van der Waals surface area contributed by atoms with Crippen LogP contribution in [0.4, 0.5) is 23.0 Å². The van der Waals surface area contributed by atoms with Crippen LogP contribution in [0.15, 0.2) is 59.5 Å². The van der Waals surface area contributed by atoms with Crippen molar-refractivity contribution in [2.24, 2.45) is 5.73 Å². The Balaban J connectivity index is 1.64. The van der Waals surface area contributed by atoms with Crippen molar-refractivity contribution in [1.82, 2.24) is 9.97 Å². The molecule has 3 N–H and O–H groups in total. The van der Waals surface area contributed by atoms with Gasteiger partial charge in [-0.3, -0.25) is 4.79 Å². The topological polar surface area (TPSA) is 122 Å². The summed E-state index contributed by atoms with van der Waals surface area (Å²) in [6, 6.07) is 16.6. The van der Waals surface area contributed by atoms with E-state index in [2.05, 4.69) is 32.2 Å². The van der Waals surface area contributed by atoms with E-state index in [4.69, 9.17) is 10.7 Å². The number of hydrogen-bond acceptors (Lipinski definition) is 8. The van der Waals surface area contributed by atoms with Crippen molar-refractivity contribution in [2.75, 3.05) is 47.6 Å². The number of para-hydroxylation sites is 1. The van der Waals surface area contributed by atoms with Gasteiger partial charge in [-0.1, -0.05) is 31.2 Å². The predicted molar refractivity (Wildman–Crippen MR) is 134 cm³/mol. The first-order valence-electron chi connectivity index (χ1n) is 11.1. The summed E-state index contributed by atoms with van der Waals surface area (Å²) in [7, 11) is -3.39. The van der Waals surface area contributed by atoms with E-state index in [1.807, 2.05) is 25.1 Å². The van der Waals surface area contributed by atoms with E-state index in [0.717, 1.165) is 32.4 Å². The number of carbonyl (C=O) groups is 1. The second kappa shape index (κ2) is 9.68. The molecule has 2 aromatic carbocycles. The van der Waals surface area contributed by atoms with Crippen molar-refractivity contribution < 1.29 is 13.2 Å². The van der Waals surface area contributed by atoms with Gasteiger partial charge in [0.2, 0.25) is 0 Å². The average molecular weight is 481 g/mol. The number of hydrogen-bond donors (Lipinski definition) is 2. The highest BCUT2D eigenvalue weighted by Crippen LogP contribution is 2.27. The first kappa shape index (κ1) is 23.5. The number of carbonyl (C=O) groups excluding carboxylic acids is 1. The summed E-state index contributed by atoms with van der Waals surface area (Å²) >= 11 is 0. The maximum atomic E-state index is 12.2. The van der Waals surface area contributed by atoms with E-state index >= 15 is 0 Å². The maximum Gasteiger partial charge on any atom is 0.271 e. The number of aromatic nitrogens is 2. The minimum Gasteiger partial charge on any atom is -0.368 e. The van der Waals surface area contributed by atoms with Crippen molar-refractivity contribution in [1.29, 1.82) is 0 Å². The standard InChI is InChI=1S/C24H28N6O3S/c1-3-20-24(30-14-12-29(13-15-30)18-9-5-4-6-10-18)28-23(21(27-20)22(25)31)26-17-8-7-11-19(16-17)34(2,32)33/h4-11,16H,3,12-15H2,1-2H3,(H2,25,31)(H,26,28). The highest BCUT2D eigenvalue weighted by molar-refractivity contribution is 7.90. The number of nitrogens with two attached hydrogens (primary N) is 1. The van der Waals surface area contributed by atoms with E-state index in [0.29, 0.717) is 23.6 Å². The van der Waals surface area contributed by atoms with Gasteiger partial charge < -0.3 is 20.9 Å². The third-order valence-corrected chi connectivity index (χ3v) is 6.85. The molecular weight excluding hydrogens is 452 g/mol. The van der Waals surface area contributed by atoms with Crippen LogP contribution in [0.25, 0.3) is 0 Å². The molecule has 1 aliphatic rings. The number of aryl methyl sites for hydroxylation is 1. The van der Waals surface area contributed by atoms with Gasteiger partial charge >= 0.3 is 0 Å². The molecule has 4 rings (SSSR count). The van der Waals surface area contributed by atoms with E-state index in [1.165, 1.54) is 17.8 Å². The molecule has 9 nitrogen and oxygen atoms in total. The van der Waals surface area contributed by atoms with Gasteiger partial charge in [0.15, 0.2) is 27.2 Å². The van der Waals surface area contributed by atoms with Crippen LogP contribution in [0.3, 0.4) is 0 Å². The zero-order valence-corrected chi connectivity index (χ0v) is 20.0. The molecule has 1 amide bonds. The van der Waals surface area contributed by atoms with Crippen LogP contribution in [0.5, 0.6) is 0 Å². The van der Waals surface area contributed by atoms with Gasteiger partial charge in [-0.2, -0.15) is 0 Å². The van der Waals surface area contributed by atoms with Crippen molar-refractivity contribution in [3.8, 4) is 0 Å². The molecule has 0 spiro atoms. The molecule has 0 bridgehead atoms. The molecule has 0 atom stereocenters. The molecule has 178 valence electrons. The fourth-order valence-electron chi connectivity index (χ4n) is 3.97. The number of anilines is 4. The summed E-state index contributed by atoms with van der Waals surface area (Å²) in [6.45, 7) is 5.10. The number of benzene rings is 2. The normalized spacial score (nSPS) is 14.2. The molecule has 10 heteroatoms. The van der Waals surface area contributed by atoms with Gasteiger partial charge in [-0.25, -0.2) is 18.4 Å². The van der Waals surface area contributed by atoms with Crippen LogP contribution in [-0.4, -0.2) is 56.7 Å². The quantitative estimate of drug-likeness (QED) is 0.529. The van der Waals surface area contributed by atoms with E-state index in [1.54, 1.807) is 12.1 Å². The number of amides is 1. The van der Waals surface area contributed by atoms with Crippen LogP contribution < -0.4 is 20.9 Å². The Morgan fingerprint density at radius 2 is 1.68 bits per heavy atom. The second-order valence-electron chi connectivity index (χ2n) is 8.14. The SMILES string of the molecule is CCc1nc(C(N)=O)c(Nc2cccc(S(C)(=O)=O)c2)nc1N1CCN(c2ccccc2)CC1. The van der Waals surface area contributed by atoms with E-state index in [-0.39, 0.29) is 16.4 Å². The van der Waals surface area contributed by atoms with Gasteiger partial charge in [0.05, 0.1) is 10.6 Å². The van der Waals surface area contributed by atoms with Gasteiger partial charge in [0.1, 0.15) is 0 Å². The minimum absolute atomic E-state index is 0.0216. The predicted octanol–water partition coefficient (Wildman–Crippen LogP) is 2.61. The number of primary amides is 1. The molecule has 1 fully saturated rings. The number of rotatable bonds is 7. The summed E-state index contributed by atoms with van der Waals surface area (Å²) in [5, 5.41) is 3.06. The van der Waals surface area contributed by atoms with Crippen LogP contribution >= 0.6 is 0 Å². The fourth-order valence-corrected chi connectivity index (χ4v) is 4.63. The summed E-state index contributed by atoms with van der Waals surface area (Å²) in [5.41, 5.74) is 7.98. The van der Waals surface area contributed by atoms with Crippen molar-refractivity contribution in [2.45, 2.75) is 18.2 Å². The molecule has 0 radical (unpaired) electrons. The molecule has 0 unspecified atom stereocenters. The molecule has 1 saturated heterocycles. The van der Waals surface area contributed by atoms with Crippen molar-refractivity contribution in [3.05, 3.63) is 66.0 Å². The summed E-state index contributed by atoms with van der Waals surface area (Å²) in [6.07, 6.45) is 1.73. The monoisotopic (exact) mass is 480 g/mol. The highest BCUT2D eigenvalue weighted by atomic mass is 32.2. The lowest BCUT2D eigenvalue weighted by molar-refractivity contribution is 0.0996. The summed E-state index contributed by atoms with van der Waals surface area (Å²) < 4.78 is 23.9.